The molecule has 6 nitrogen and oxygen atoms in total. The average Bonchev–Trinajstić information content (AvgIpc) is 2.62. The van der Waals surface area contributed by atoms with Gasteiger partial charge in [-0.15, -0.1) is 0 Å². The number of nitro groups is 1. The number of non-ortho nitro benzene ring substituents is 1. The Morgan fingerprint density at radius 3 is 2.60 bits per heavy atom. The molecule has 0 bridgehead atoms. The monoisotopic (exact) mass is 334 g/mol. The van der Waals surface area contributed by atoms with Crippen LogP contribution in [-0.2, 0) is 0 Å². The van der Waals surface area contributed by atoms with Crippen LogP contribution >= 0.6 is 0 Å². The minimum absolute atomic E-state index is 0.0333. The first-order chi connectivity index (χ1) is 12.2. The van der Waals surface area contributed by atoms with Crippen LogP contribution in [-0.4, -0.2) is 17.4 Å². The van der Waals surface area contributed by atoms with Crippen LogP contribution in [0.15, 0.2) is 71.7 Å². The van der Waals surface area contributed by atoms with Crippen molar-refractivity contribution < 1.29 is 4.92 Å². The summed E-state index contributed by atoms with van der Waals surface area (Å²) in [6.45, 7) is 2.51. The zero-order chi connectivity index (χ0) is 17.6. The Kier molecular flexibility index (Phi) is 4.89. The summed E-state index contributed by atoms with van der Waals surface area (Å²) < 4.78 is 0. The highest BCUT2D eigenvalue weighted by atomic mass is 16.6. The van der Waals surface area contributed by atoms with Gasteiger partial charge in [0.2, 0.25) is 0 Å². The van der Waals surface area contributed by atoms with Crippen molar-refractivity contribution in [2.75, 3.05) is 17.2 Å². The number of nitrogens with one attached hydrogen (secondary N) is 2. The van der Waals surface area contributed by atoms with E-state index in [9.17, 15) is 10.1 Å². The van der Waals surface area contributed by atoms with Gasteiger partial charge in [-0.3, -0.25) is 15.1 Å². The number of rotatable bonds is 4. The highest BCUT2D eigenvalue weighted by Gasteiger charge is 2.08. The van der Waals surface area contributed by atoms with Crippen molar-refractivity contribution in [1.29, 1.82) is 0 Å². The molecule has 0 aliphatic carbocycles. The second-order valence-electron chi connectivity index (χ2n) is 5.41. The first-order valence-corrected chi connectivity index (χ1v) is 7.98. The Hall–Kier alpha value is -3.41. The molecule has 0 heterocycles. The van der Waals surface area contributed by atoms with Gasteiger partial charge in [0.25, 0.3) is 5.69 Å². The van der Waals surface area contributed by atoms with Gasteiger partial charge in [0.05, 0.1) is 4.92 Å². The van der Waals surface area contributed by atoms with Gasteiger partial charge in [-0.05, 0) is 24.4 Å². The van der Waals surface area contributed by atoms with Crippen molar-refractivity contribution in [2.45, 2.75) is 6.92 Å². The van der Waals surface area contributed by atoms with Crippen molar-refractivity contribution in [3.05, 3.63) is 76.8 Å². The van der Waals surface area contributed by atoms with Crippen LogP contribution < -0.4 is 10.6 Å². The maximum atomic E-state index is 10.9. The molecule has 2 N–H and O–H groups in total. The van der Waals surface area contributed by atoms with Crippen LogP contribution in [0.5, 0.6) is 0 Å². The van der Waals surface area contributed by atoms with Crippen molar-refractivity contribution in [3.8, 4) is 0 Å². The molecule has 25 heavy (non-hydrogen) atoms. The SMILES string of the molecule is CCN=C(Nc1cccc([N+](=O)[O-])c1)Nc1cccc2ccccc12. The molecule has 0 fully saturated rings. The lowest BCUT2D eigenvalue weighted by molar-refractivity contribution is -0.384. The molecule has 126 valence electrons. The maximum absolute atomic E-state index is 10.9. The maximum Gasteiger partial charge on any atom is 0.271 e. The Balaban J connectivity index is 1.88. The normalized spacial score (nSPS) is 11.3. The van der Waals surface area contributed by atoms with Gasteiger partial charge in [0.15, 0.2) is 5.96 Å². The van der Waals surface area contributed by atoms with Crippen LogP contribution in [0.25, 0.3) is 10.8 Å². The third-order valence-corrected chi connectivity index (χ3v) is 3.68. The van der Waals surface area contributed by atoms with Gasteiger partial charge in [0, 0.05) is 35.4 Å². The van der Waals surface area contributed by atoms with Gasteiger partial charge >= 0.3 is 0 Å². The summed E-state index contributed by atoms with van der Waals surface area (Å²) in [6, 6.07) is 20.4. The van der Waals surface area contributed by atoms with Gasteiger partial charge in [0.1, 0.15) is 0 Å². The summed E-state index contributed by atoms with van der Waals surface area (Å²) in [5, 5.41) is 19.5. The second kappa shape index (κ2) is 7.44. The van der Waals surface area contributed by atoms with Crippen molar-refractivity contribution >= 4 is 33.8 Å². The first kappa shape index (κ1) is 16.4. The molecule has 3 aromatic rings. The Morgan fingerprint density at radius 2 is 1.80 bits per heavy atom. The summed E-state index contributed by atoms with van der Waals surface area (Å²) >= 11 is 0. The predicted octanol–water partition coefficient (Wildman–Crippen LogP) is 4.65. The van der Waals surface area contributed by atoms with E-state index in [2.05, 4.69) is 15.6 Å². The number of nitro benzene ring substituents is 1. The summed E-state index contributed by atoms with van der Waals surface area (Å²) in [7, 11) is 0. The lowest BCUT2D eigenvalue weighted by Gasteiger charge is -2.14. The first-order valence-electron chi connectivity index (χ1n) is 7.98. The van der Waals surface area contributed by atoms with Crippen LogP contribution in [0.4, 0.5) is 17.1 Å². The van der Waals surface area contributed by atoms with Crippen LogP contribution in [0.3, 0.4) is 0 Å². The highest BCUT2D eigenvalue weighted by Crippen LogP contribution is 2.23. The fraction of sp³-hybridized carbons (Fsp3) is 0.105. The number of guanidine groups is 1. The number of anilines is 2. The minimum Gasteiger partial charge on any atom is -0.326 e. The molecule has 0 saturated carbocycles. The van der Waals surface area contributed by atoms with Crippen LogP contribution in [0, 0.1) is 10.1 Å². The number of fused-ring (bicyclic) bond motifs is 1. The van der Waals surface area contributed by atoms with Crippen molar-refractivity contribution in [1.82, 2.24) is 0 Å². The lowest BCUT2D eigenvalue weighted by atomic mass is 10.1. The topological polar surface area (TPSA) is 79.6 Å². The minimum atomic E-state index is -0.417. The van der Waals surface area contributed by atoms with E-state index in [1.54, 1.807) is 12.1 Å². The smallest absolute Gasteiger partial charge is 0.271 e. The van der Waals surface area contributed by atoms with Crippen molar-refractivity contribution in [2.24, 2.45) is 4.99 Å². The molecule has 0 saturated heterocycles. The molecule has 0 spiro atoms. The van der Waals surface area contributed by atoms with E-state index in [-0.39, 0.29) is 5.69 Å². The van der Waals surface area contributed by atoms with Gasteiger partial charge in [-0.25, -0.2) is 0 Å². The summed E-state index contributed by atoms with van der Waals surface area (Å²) in [4.78, 5) is 14.9. The van der Waals surface area contributed by atoms with Gasteiger partial charge in [-0.1, -0.05) is 42.5 Å². The zero-order valence-electron chi connectivity index (χ0n) is 13.8. The predicted molar refractivity (Wildman–Crippen MR) is 102 cm³/mol. The number of benzene rings is 3. The standard InChI is InChI=1S/C19H18N4O2/c1-2-20-19(21-15-9-6-10-16(13-15)23(24)25)22-18-12-5-8-14-7-3-4-11-17(14)18/h3-13H,2H2,1H3,(H2,20,21,22). The molecule has 3 rings (SSSR count). The van der Waals surface area contributed by atoms with Crippen LogP contribution in [0.1, 0.15) is 6.92 Å². The second-order valence-corrected chi connectivity index (χ2v) is 5.41. The molecular weight excluding hydrogens is 316 g/mol. The molecule has 0 radical (unpaired) electrons. The molecule has 0 amide bonds. The van der Waals surface area contributed by atoms with E-state index >= 15 is 0 Å². The van der Waals surface area contributed by atoms with Crippen LogP contribution in [0.2, 0.25) is 0 Å². The molecule has 0 unspecified atom stereocenters. The summed E-state index contributed by atoms with van der Waals surface area (Å²) in [5.74, 6) is 0.541. The summed E-state index contributed by atoms with van der Waals surface area (Å²) in [5.41, 5.74) is 1.56. The molecule has 3 aromatic carbocycles. The third kappa shape index (κ3) is 3.92. The quantitative estimate of drug-likeness (QED) is 0.315. The van der Waals surface area contributed by atoms with E-state index in [0.29, 0.717) is 18.2 Å². The fourth-order valence-corrected chi connectivity index (χ4v) is 2.56. The average molecular weight is 334 g/mol. The Labute approximate surface area is 145 Å². The molecule has 0 aromatic heterocycles. The highest BCUT2D eigenvalue weighted by molar-refractivity contribution is 6.08. The Bertz CT molecular complexity index is 932. The molecule has 0 atom stereocenters. The third-order valence-electron chi connectivity index (χ3n) is 3.68. The van der Waals surface area contributed by atoms with Gasteiger partial charge in [-0.2, -0.15) is 0 Å². The number of aliphatic imine (C=N–C) groups is 1. The van der Waals surface area contributed by atoms with E-state index < -0.39 is 4.92 Å². The van der Waals surface area contributed by atoms with Crippen molar-refractivity contribution in [3.63, 3.8) is 0 Å². The number of nitrogens with zero attached hydrogens (tertiary/aromatic N) is 2. The van der Waals surface area contributed by atoms with E-state index in [0.717, 1.165) is 16.5 Å². The molecule has 6 heteroatoms. The molecule has 0 aliphatic heterocycles. The lowest BCUT2D eigenvalue weighted by Crippen LogP contribution is -2.22. The number of hydrogen-bond acceptors (Lipinski definition) is 3. The zero-order valence-corrected chi connectivity index (χ0v) is 13.8. The van der Waals surface area contributed by atoms with E-state index in [1.807, 2.05) is 49.4 Å². The number of hydrogen-bond donors (Lipinski definition) is 2. The van der Waals surface area contributed by atoms with E-state index in [1.165, 1.54) is 12.1 Å². The fourth-order valence-electron chi connectivity index (χ4n) is 2.56. The largest absolute Gasteiger partial charge is 0.326 e. The molecular formula is C19H18N4O2. The Morgan fingerprint density at radius 1 is 1.04 bits per heavy atom. The van der Waals surface area contributed by atoms with Gasteiger partial charge < -0.3 is 10.6 Å². The van der Waals surface area contributed by atoms with E-state index in [4.69, 9.17) is 0 Å². The summed E-state index contributed by atoms with van der Waals surface area (Å²) in [6.07, 6.45) is 0. The molecule has 0 aliphatic rings.